The molecule has 0 saturated carbocycles. The van der Waals surface area contributed by atoms with Crippen LogP contribution in [-0.4, -0.2) is 160 Å². The van der Waals surface area contributed by atoms with E-state index in [0.717, 1.165) is 219 Å². The van der Waals surface area contributed by atoms with Crippen LogP contribution < -0.4 is 62.7 Å². The highest BCUT2D eigenvalue weighted by Crippen LogP contribution is 2.47. The Balaban J connectivity index is 0.000000121. The first-order valence-corrected chi connectivity index (χ1v) is 48.2. The maximum Gasteiger partial charge on any atom is 0.354 e. The summed E-state index contributed by atoms with van der Waals surface area (Å²) < 4.78 is 25.9. The lowest BCUT2D eigenvalue weighted by Crippen LogP contribution is -2.50. The fourth-order valence-electron chi connectivity index (χ4n) is 19.5. The first kappa shape index (κ1) is 93.6. The summed E-state index contributed by atoms with van der Waals surface area (Å²) in [7, 11) is 0. The van der Waals surface area contributed by atoms with E-state index in [4.69, 9.17) is 56.1 Å². The highest BCUT2D eigenvalue weighted by Gasteiger charge is 2.32. The Kier molecular flexibility index (Phi) is 27.7. The number of benzene rings is 11. The number of nitrogens with one attached hydrogen (secondary N) is 4. The van der Waals surface area contributed by atoms with Crippen LogP contribution in [0.25, 0.3) is 93.9 Å². The van der Waals surface area contributed by atoms with Gasteiger partial charge < -0.3 is 50.7 Å². The summed E-state index contributed by atoms with van der Waals surface area (Å²) in [5.74, 6) is 3.69. The van der Waals surface area contributed by atoms with Gasteiger partial charge in [0.25, 0.3) is 0 Å². The lowest BCUT2D eigenvalue weighted by Gasteiger charge is -2.35. The molecule has 4 fully saturated rings. The number of phenols is 1. The molecule has 0 radical (unpaired) electrons. The Morgan fingerprint density at radius 1 is 0.404 bits per heavy atom. The summed E-state index contributed by atoms with van der Waals surface area (Å²) in [4.78, 5) is 72.8. The number of halogens is 5. The third-order valence-electron chi connectivity index (χ3n) is 26.5. The van der Waals surface area contributed by atoms with Crippen molar-refractivity contribution in [2.75, 3.05) is 111 Å². The SMILES string of the molecule is Cc1cc2c(cc1Cl)c(N1CCNC[C@@H]1C)nc(=O)n2-c1ccccc1C(C)C.Cc1ccc2c(c1-c1cc3c(cc1Cl)c(N1CCNCC1)nc(=O)n3-c1ccccc1C(C)C)C=NC2.Cc1ccc2c(c1-c1cc3c(cc1Cl)c(N1CCNC[C@@H]1C)nc(=O)n3-c1ccccc1C(C)C)C=NC2.Oc1cccc(F)c1-c1cc2c(Oc3ccccc3)nnc(N3CCNCC3)c2cc1Cl. The van der Waals surface area contributed by atoms with E-state index in [1.807, 2.05) is 129 Å². The van der Waals surface area contributed by atoms with E-state index in [9.17, 15) is 23.9 Å². The molecule has 0 unspecified atom stereocenters. The van der Waals surface area contributed by atoms with E-state index in [-0.39, 0.29) is 64.1 Å². The molecule has 28 heteroatoms. The largest absolute Gasteiger partial charge is 0.507 e. The number of fused-ring (bicyclic) bond motifs is 6. The quantitative estimate of drug-likeness (QED) is 0.0640. The van der Waals surface area contributed by atoms with Crippen molar-refractivity contribution < 1.29 is 14.2 Å². The van der Waals surface area contributed by atoms with Crippen molar-refractivity contribution >= 4 is 126 Å². The first-order chi connectivity index (χ1) is 65.8. The van der Waals surface area contributed by atoms with Gasteiger partial charge in [-0.2, -0.15) is 15.0 Å². The molecule has 4 saturated heterocycles. The molecule has 11 aromatic carbocycles. The number of ether oxygens (including phenoxy) is 1. The number of hydrogen-bond donors (Lipinski definition) is 5. The molecule has 23 nitrogen and oxygen atoms in total. The van der Waals surface area contributed by atoms with Crippen molar-refractivity contribution in [1.29, 1.82) is 0 Å². The van der Waals surface area contributed by atoms with Crippen molar-refractivity contribution in [1.82, 2.24) is 60.1 Å². The van der Waals surface area contributed by atoms with Crippen molar-refractivity contribution in [3.05, 3.63) is 307 Å². The number of hydrogen-bond acceptors (Lipinski definition) is 20. The van der Waals surface area contributed by atoms with Gasteiger partial charge in [-0.1, -0.05) is 191 Å². The Morgan fingerprint density at radius 2 is 0.809 bits per heavy atom. The number of anilines is 4. The van der Waals surface area contributed by atoms with Crippen LogP contribution in [0.4, 0.5) is 27.7 Å². The molecule has 6 aliphatic rings. The van der Waals surface area contributed by atoms with Gasteiger partial charge in [0, 0.05) is 186 Å². The number of nitrogens with zero attached hydrogens (tertiary/aromatic N) is 14. The monoisotopic (exact) mass is 1900 g/mol. The average Bonchev–Trinajstić information content (AvgIpc) is 1.04. The molecule has 2 atom stereocenters. The molecule has 0 aliphatic carbocycles. The van der Waals surface area contributed by atoms with E-state index in [0.29, 0.717) is 67.3 Å². The van der Waals surface area contributed by atoms with Gasteiger partial charge in [-0.15, -0.1) is 10.2 Å². The molecule has 15 aromatic rings. The summed E-state index contributed by atoms with van der Waals surface area (Å²) in [6.07, 6.45) is 3.89. The van der Waals surface area contributed by atoms with Gasteiger partial charge in [0.05, 0.1) is 57.7 Å². The Bertz CT molecular complexity index is 7380. The van der Waals surface area contributed by atoms with Crippen LogP contribution in [0, 0.1) is 26.6 Å². The summed E-state index contributed by atoms with van der Waals surface area (Å²) in [5, 5.41) is 39.0. The normalized spacial score (nSPS) is 15.8. The Hall–Kier alpha value is -12.8. The van der Waals surface area contributed by atoms with Crippen molar-refractivity contribution in [3.8, 4) is 67.8 Å². The number of phenolic OH excluding ortho intramolecular Hbond substituents is 1. The fraction of sp³-hybridized carbons (Fsp3) is 0.296. The minimum absolute atomic E-state index is 0.0330. The van der Waals surface area contributed by atoms with Gasteiger partial charge >= 0.3 is 17.1 Å². The smallest absolute Gasteiger partial charge is 0.354 e. The van der Waals surface area contributed by atoms with Gasteiger partial charge in [-0.05, 0) is 199 Å². The Labute approximate surface area is 809 Å². The third kappa shape index (κ3) is 18.6. The summed E-state index contributed by atoms with van der Waals surface area (Å²) >= 11 is 27.3. The number of aromatic hydroxyl groups is 1. The standard InChI is InChI=1S/C31H32ClN5O.C30H30ClN5O.C24H20ClFN4O2.C23H27ClN4O/c1-18(2)22-7-5-6-8-27(22)37-28-14-23(29-19(3)9-10-21-16-34-17-25(21)29)26(32)13-24(28)30(35-31(37)38)36-12-11-33-15-20(36)4;1-18(2)21-6-4-5-7-26(21)36-27-15-22(28-19(3)8-9-20-16-33-17-24(20)28)25(31)14-23(27)29(34-30(36)37)35-12-10-32-11-13-35;25-19-14-16-17(13-18(19)22-20(26)7-4-8-21(22)31)24(32-15-5-2-1-3-6-15)29-28-23(16)30-11-9-27-10-12-30;1-14(2)17-7-5-6-8-20(17)28-21-11-15(3)19(24)12-18(21)22(26-23(28)29)27-10-9-25-13-16(27)4/h5-10,13-14,17-18,20,33H,11-12,15-16H2,1-4H3;4-9,14-15,17-18,32H,10-13,16H2,1-3H3;1-8,13-14,27,31H,9-12H2;5-8,11-12,14,16,25H,9-10,13H2,1-4H3/t20-;;;16-/m0..0/s1. The predicted molar refractivity (Wildman–Crippen MR) is 555 cm³/mol. The van der Waals surface area contributed by atoms with E-state index in [2.05, 4.69) is 195 Å². The summed E-state index contributed by atoms with van der Waals surface area (Å²) in [5.41, 5.74) is 19.7. The zero-order valence-corrected chi connectivity index (χ0v) is 81.1. The molecule has 4 aromatic heterocycles. The zero-order chi connectivity index (χ0) is 95.0. The molecule has 5 N–H and O–H groups in total. The first-order valence-electron chi connectivity index (χ1n) is 46.6. The third-order valence-corrected chi connectivity index (χ3v) is 27.8. The average molecular weight is 1900 g/mol. The van der Waals surface area contributed by atoms with Crippen LogP contribution >= 0.6 is 46.4 Å². The topological polar surface area (TPSA) is 246 Å². The maximum absolute atomic E-state index is 14.6. The molecule has 6 aliphatic heterocycles. The van der Waals surface area contributed by atoms with E-state index >= 15 is 0 Å². The van der Waals surface area contributed by atoms with Gasteiger partial charge in [0.2, 0.25) is 5.88 Å². The van der Waals surface area contributed by atoms with Gasteiger partial charge in [0.15, 0.2) is 5.82 Å². The second kappa shape index (κ2) is 40.3. The zero-order valence-electron chi connectivity index (χ0n) is 78.1. The minimum Gasteiger partial charge on any atom is -0.507 e. The van der Waals surface area contributed by atoms with Gasteiger partial charge in [-0.25, -0.2) is 18.8 Å². The van der Waals surface area contributed by atoms with Crippen LogP contribution in [0.5, 0.6) is 17.4 Å². The Morgan fingerprint density at radius 3 is 1.26 bits per heavy atom. The number of aromatic nitrogens is 8. The van der Waals surface area contributed by atoms with E-state index in [1.165, 1.54) is 29.3 Å². The van der Waals surface area contributed by atoms with Gasteiger partial charge in [-0.3, -0.25) is 23.7 Å². The molecule has 0 bridgehead atoms. The number of para-hydroxylation sites is 4. The van der Waals surface area contributed by atoms with Crippen LogP contribution in [0.2, 0.25) is 20.1 Å². The second-order valence-electron chi connectivity index (χ2n) is 36.4. The molecule has 136 heavy (non-hydrogen) atoms. The molecule has 0 amide bonds. The molecule has 0 spiro atoms. The number of aliphatic imine (C=N–C) groups is 2. The van der Waals surface area contributed by atoms with Crippen LogP contribution in [0.15, 0.2) is 218 Å². The van der Waals surface area contributed by atoms with Crippen molar-refractivity contribution in [3.63, 3.8) is 0 Å². The van der Waals surface area contributed by atoms with Crippen LogP contribution in [0.1, 0.15) is 129 Å². The predicted octanol–water partition coefficient (Wildman–Crippen LogP) is 20.6. The fourth-order valence-corrected chi connectivity index (χ4v) is 20.4. The summed E-state index contributed by atoms with van der Waals surface area (Å²) in [6, 6.07) is 62.2. The van der Waals surface area contributed by atoms with Crippen LogP contribution in [0.3, 0.4) is 0 Å². The van der Waals surface area contributed by atoms with Crippen LogP contribution in [-0.2, 0) is 13.1 Å². The molecular weight excluding hydrogens is 1790 g/mol. The highest BCUT2D eigenvalue weighted by atomic mass is 35.5. The van der Waals surface area contributed by atoms with Crippen molar-refractivity contribution in [2.45, 2.75) is 119 Å². The number of aryl methyl sites for hydroxylation is 3. The lowest BCUT2D eigenvalue weighted by atomic mass is 9.92. The molecular formula is C108H109Cl4FN18O5. The van der Waals surface area contributed by atoms with Gasteiger partial charge in [0.1, 0.15) is 34.8 Å². The molecule has 21 rings (SSSR count). The van der Waals surface area contributed by atoms with E-state index in [1.54, 1.807) is 25.8 Å². The molecule has 10 heterocycles. The van der Waals surface area contributed by atoms with E-state index < -0.39 is 5.82 Å². The summed E-state index contributed by atoms with van der Waals surface area (Å²) in [6.45, 7) is 36.2. The highest BCUT2D eigenvalue weighted by molar-refractivity contribution is 6.36. The number of piperazine rings is 4. The lowest BCUT2D eigenvalue weighted by molar-refractivity contribution is 0.461. The molecule has 696 valence electrons. The number of rotatable bonds is 15. The maximum atomic E-state index is 14.6. The van der Waals surface area contributed by atoms with Crippen molar-refractivity contribution in [2.24, 2.45) is 9.98 Å². The second-order valence-corrected chi connectivity index (χ2v) is 38.1. The minimum atomic E-state index is -0.568.